The number of benzene rings is 1. The molecule has 2 rings (SSSR count). The number of phenolic OH excluding ortho intramolecular Hbond substituents is 1. The summed E-state index contributed by atoms with van der Waals surface area (Å²) in [6.45, 7) is 1.81. The van der Waals surface area contributed by atoms with Crippen molar-refractivity contribution in [2.75, 3.05) is 11.6 Å². The zero-order valence-corrected chi connectivity index (χ0v) is 10.6. The molecule has 0 aliphatic carbocycles. The predicted octanol–water partition coefficient (Wildman–Crippen LogP) is 1.30. The van der Waals surface area contributed by atoms with Crippen molar-refractivity contribution >= 4 is 23.6 Å². The number of aromatic hydroxyl groups is 1. The van der Waals surface area contributed by atoms with Crippen LogP contribution in [-0.4, -0.2) is 44.7 Å². The van der Waals surface area contributed by atoms with Gasteiger partial charge >= 0.3 is 5.97 Å². The number of carboxylic acids is 1. The quantitative estimate of drug-likeness (QED) is 0.844. The zero-order valence-electron chi connectivity index (χ0n) is 9.79. The van der Waals surface area contributed by atoms with Crippen LogP contribution in [0.2, 0.25) is 0 Å². The van der Waals surface area contributed by atoms with Gasteiger partial charge in [-0.15, -0.1) is 11.8 Å². The smallest absolute Gasteiger partial charge is 0.327 e. The zero-order chi connectivity index (χ0) is 13.3. The van der Waals surface area contributed by atoms with E-state index >= 15 is 0 Å². The van der Waals surface area contributed by atoms with Crippen molar-refractivity contribution in [3.05, 3.63) is 29.3 Å². The summed E-state index contributed by atoms with van der Waals surface area (Å²) in [6, 6.07) is 3.89. The fraction of sp³-hybridized carbons (Fsp3) is 0.333. The van der Waals surface area contributed by atoms with E-state index in [0.717, 1.165) is 5.56 Å². The molecule has 1 aromatic rings. The van der Waals surface area contributed by atoms with Gasteiger partial charge in [0.1, 0.15) is 11.8 Å². The standard InChI is InChI=1S/C12H13NO4S/c1-7-2-3-10(14)8(4-7)11(15)13-6-18-5-9(13)12(16)17/h2-4,9,14H,5-6H2,1H3,(H,16,17). The molecule has 96 valence electrons. The molecule has 0 saturated carbocycles. The lowest BCUT2D eigenvalue weighted by atomic mass is 10.1. The Hall–Kier alpha value is -1.69. The van der Waals surface area contributed by atoms with Gasteiger partial charge in [-0.3, -0.25) is 4.79 Å². The van der Waals surface area contributed by atoms with Crippen LogP contribution in [-0.2, 0) is 4.79 Å². The molecule has 1 aromatic carbocycles. The van der Waals surface area contributed by atoms with Crippen LogP contribution < -0.4 is 0 Å². The summed E-state index contributed by atoms with van der Waals surface area (Å²) in [6.07, 6.45) is 0. The molecule has 1 fully saturated rings. The van der Waals surface area contributed by atoms with Crippen LogP contribution in [0.25, 0.3) is 0 Å². The first-order chi connectivity index (χ1) is 8.50. The minimum atomic E-state index is -1.01. The number of aliphatic carboxylic acids is 1. The highest BCUT2D eigenvalue weighted by atomic mass is 32.2. The van der Waals surface area contributed by atoms with Gasteiger partial charge in [0.25, 0.3) is 5.91 Å². The average Bonchev–Trinajstić information content (AvgIpc) is 2.80. The number of aryl methyl sites for hydroxylation is 1. The van der Waals surface area contributed by atoms with Gasteiger partial charge in [0.05, 0.1) is 11.4 Å². The summed E-state index contributed by atoms with van der Waals surface area (Å²) in [7, 11) is 0. The SMILES string of the molecule is Cc1ccc(O)c(C(=O)N2CSCC2C(=O)O)c1. The number of rotatable bonds is 2. The van der Waals surface area contributed by atoms with E-state index in [1.165, 1.54) is 22.7 Å². The molecule has 0 aromatic heterocycles. The fourth-order valence-electron chi connectivity index (χ4n) is 1.82. The summed E-state index contributed by atoms with van der Waals surface area (Å²) in [5, 5.41) is 18.7. The van der Waals surface area contributed by atoms with Crippen molar-refractivity contribution < 1.29 is 19.8 Å². The molecule has 18 heavy (non-hydrogen) atoms. The maximum atomic E-state index is 12.2. The molecule has 1 heterocycles. The van der Waals surface area contributed by atoms with Crippen LogP contribution in [0.15, 0.2) is 18.2 Å². The van der Waals surface area contributed by atoms with Gasteiger partial charge < -0.3 is 15.1 Å². The van der Waals surface area contributed by atoms with Gasteiger partial charge in [-0.2, -0.15) is 0 Å². The Bertz CT molecular complexity index is 503. The van der Waals surface area contributed by atoms with Crippen LogP contribution in [0, 0.1) is 6.92 Å². The minimum absolute atomic E-state index is 0.119. The van der Waals surface area contributed by atoms with Crippen molar-refractivity contribution in [1.82, 2.24) is 4.90 Å². The van der Waals surface area contributed by atoms with Gasteiger partial charge in [-0.1, -0.05) is 11.6 Å². The number of nitrogens with zero attached hydrogens (tertiary/aromatic N) is 1. The second-order valence-electron chi connectivity index (χ2n) is 4.15. The van der Waals surface area contributed by atoms with Crippen molar-refractivity contribution in [3.8, 4) is 5.75 Å². The highest BCUT2D eigenvalue weighted by molar-refractivity contribution is 7.99. The average molecular weight is 267 g/mol. The molecule has 1 atom stereocenters. The Morgan fingerprint density at radius 1 is 1.44 bits per heavy atom. The van der Waals surface area contributed by atoms with Crippen molar-refractivity contribution in [3.63, 3.8) is 0 Å². The van der Waals surface area contributed by atoms with Gasteiger partial charge in [0, 0.05) is 5.75 Å². The second kappa shape index (κ2) is 4.89. The van der Waals surface area contributed by atoms with Crippen LogP contribution in [0.5, 0.6) is 5.75 Å². The Balaban J connectivity index is 2.31. The molecule has 0 spiro atoms. The molecule has 6 heteroatoms. The normalized spacial score (nSPS) is 18.9. The Morgan fingerprint density at radius 3 is 2.83 bits per heavy atom. The number of carbonyl (C=O) groups excluding carboxylic acids is 1. The van der Waals surface area contributed by atoms with E-state index in [4.69, 9.17) is 5.11 Å². The predicted molar refractivity (Wildman–Crippen MR) is 67.8 cm³/mol. The Kier molecular flexibility index (Phi) is 3.47. The monoisotopic (exact) mass is 267 g/mol. The molecule has 1 unspecified atom stereocenters. The molecule has 0 radical (unpaired) electrons. The van der Waals surface area contributed by atoms with E-state index in [-0.39, 0.29) is 11.3 Å². The van der Waals surface area contributed by atoms with E-state index in [0.29, 0.717) is 11.6 Å². The molecule has 1 amide bonds. The number of amides is 1. The molecule has 1 aliphatic heterocycles. The topological polar surface area (TPSA) is 77.8 Å². The van der Waals surface area contributed by atoms with E-state index < -0.39 is 17.9 Å². The Morgan fingerprint density at radius 2 is 2.17 bits per heavy atom. The van der Waals surface area contributed by atoms with Gasteiger partial charge in [0.2, 0.25) is 0 Å². The lowest BCUT2D eigenvalue weighted by molar-refractivity contribution is -0.140. The number of carboxylic acid groups (broad SMARTS) is 1. The minimum Gasteiger partial charge on any atom is -0.507 e. The number of phenols is 1. The summed E-state index contributed by atoms with van der Waals surface area (Å²) in [5.41, 5.74) is 0.999. The molecular formula is C12H13NO4S. The summed E-state index contributed by atoms with van der Waals surface area (Å²) in [5.74, 6) is -0.850. The maximum absolute atomic E-state index is 12.2. The summed E-state index contributed by atoms with van der Waals surface area (Å²) < 4.78 is 0. The third-order valence-corrected chi connectivity index (χ3v) is 3.82. The van der Waals surface area contributed by atoms with Crippen LogP contribution in [0.4, 0.5) is 0 Å². The molecule has 1 aliphatic rings. The highest BCUT2D eigenvalue weighted by Crippen LogP contribution is 2.27. The highest BCUT2D eigenvalue weighted by Gasteiger charge is 2.35. The van der Waals surface area contributed by atoms with Crippen molar-refractivity contribution in [2.45, 2.75) is 13.0 Å². The largest absolute Gasteiger partial charge is 0.507 e. The van der Waals surface area contributed by atoms with Crippen LogP contribution >= 0.6 is 11.8 Å². The number of hydrogen-bond donors (Lipinski definition) is 2. The third-order valence-electron chi connectivity index (χ3n) is 2.81. The maximum Gasteiger partial charge on any atom is 0.327 e. The van der Waals surface area contributed by atoms with E-state index in [2.05, 4.69) is 0 Å². The molecular weight excluding hydrogens is 254 g/mol. The van der Waals surface area contributed by atoms with Crippen molar-refractivity contribution in [1.29, 1.82) is 0 Å². The number of carbonyl (C=O) groups is 2. The first kappa shape index (κ1) is 12.8. The summed E-state index contributed by atoms with van der Waals surface area (Å²) in [4.78, 5) is 24.5. The van der Waals surface area contributed by atoms with E-state index in [1.54, 1.807) is 12.1 Å². The van der Waals surface area contributed by atoms with Crippen LogP contribution in [0.3, 0.4) is 0 Å². The van der Waals surface area contributed by atoms with Gasteiger partial charge in [-0.25, -0.2) is 4.79 Å². The van der Waals surface area contributed by atoms with Gasteiger partial charge in [-0.05, 0) is 19.1 Å². The van der Waals surface area contributed by atoms with Crippen LogP contribution in [0.1, 0.15) is 15.9 Å². The summed E-state index contributed by atoms with van der Waals surface area (Å²) >= 11 is 1.39. The number of thioether (sulfide) groups is 1. The third kappa shape index (κ3) is 2.28. The molecule has 1 saturated heterocycles. The molecule has 0 bridgehead atoms. The molecule has 5 nitrogen and oxygen atoms in total. The second-order valence-corrected chi connectivity index (χ2v) is 5.15. The lowest BCUT2D eigenvalue weighted by Crippen LogP contribution is -2.41. The Labute approximate surface area is 108 Å². The fourth-order valence-corrected chi connectivity index (χ4v) is 2.97. The van der Waals surface area contributed by atoms with Gasteiger partial charge in [0.15, 0.2) is 0 Å². The van der Waals surface area contributed by atoms with Crippen molar-refractivity contribution in [2.24, 2.45) is 0 Å². The lowest BCUT2D eigenvalue weighted by Gasteiger charge is -2.21. The first-order valence-electron chi connectivity index (χ1n) is 5.42. The number of hydrogen-bond acceptors (Lipinski definition) is 4. The van der Waals surface area contributed by atoms with E-state index in [1.807, 2.05) is 6.92 Å². The molecule has 2 N–H and O–H groups in total. The first-order valence-corrected chi connectivity index (χ1v) is 6.57. The van der Waals surface area contributed by atoms with E-state index in [9.17, 15) is 14.7 Å².